The van der Waals surface area contributed by atoms with E-state index >= 15 is 0 Å². The van der Waals surface area contributed by atoms with Gasteiger partial charge in [0.15, 0.2) is 18.0 Å². The highest BCUT2D eigenvalue weighted by atomic mass is 16.7. The normalized spacial score (nSPS) is 20.1. The van der Waals surface area contributed by atoms with Crippen molar-refractivity contribution in [3.63, 3.8) is 0 Å². The molecule has 82 heavy (non-hydrogen) atoms. The maximum Gasteiger partial charge on any atom is 0.410 e. The molecule has 430 valence electrons. The molecule has 1 N–H and O–H groups in total. The quantitative estimate of drug-likeness (QED) is 0.0461. The van der Waals surface area contributed by atoms with Crippen molar-refractivity contribution < 1.29 is 52.4 Å². The lowest BCUT2D eigenvalue weighted by atomic mass is 9.72. The van der Waals surface area contributed by atoms with Gasteiger partial charge in [0.05, 0.1) is 22.6 Å². The Hall–Kier alpha value is -7.88. The summed E-state index contributed by atoms with van der Waals surface area (Å²) in [7, 11) is 0. The van der Waals surface area contributed by atoms with Gasteiger partial charge in [0, 0.05) is 55.8 Å². The summed E-state index contributed by atoms with van der Waals surface area (Å²) in [5, 5.41) is 7.96. The van der Waals surface area contributed by atoms with E-state index in [0.717, 1.165) is 86.4 Å². The third kappa shape index (κ3) is 15.2. The second kappa shape index (κ2) is 26.8. The maximum atomic E-state index is 14.5. The number of piperidine rings is 2. The number of benzene rings is 5. The Morgan fingerprint density at radius 1 is 0.744 bits per heavy atom. The zero-order chi connectivity index (χ0) is 57.8. The van der Waals surface area contributed by atoms with Crippen molar-refractivity contribution in [2.45, 2.75) is 123 Å². The molecule has 1 spiro atoms. The molecule has 3 aliphatic rings. The van der Waals surface area contributed by atoms with Gasteiger partial charge >= 0.3 is 24.0 Å². The van der Waals surface area contributed by atoms with Gasteiger partial charge in [-0.15, -0.1) is 5.10 Å². The molecule has 0 aliphatic carbocycles. The summed E-state index contributed by atoms with van der Waals surface area (Å²) in [6.07, 6.45) is 4.12. The van der Waals surface area contributed by atoms with Crippen molar-refractivity contribution >= 4 is 35.9 Å². The minimum absolute atomic E-state index is 0.0172. The first-order valence-electron chi connectivity index (χ1n) is 28.7. The average Bonchev–Trinajstić information content (AvgIpc) is 3.72. The third-order valence-corrected chi connectivity index (χ3v) is 15.7. The molecular weight excluding hydrogens is 1040 g/mol. The zero-order valence-corrected chi connectivity index (χ0v) is 47.9. The highest BCUT2D eigenvalue weighted by Gasteiger charge is 2.53. The highest BCUT2D eigenvalue weighted by Crippen LogP contribution is 2.41. The summed E-state index contributed by atoms with van der Waals surface area (Å²) in [5.41, 5.74) is 5.61. The van der Waals surface area contributed by atoms with Crippen LogP contribution in [0.25, 0.3) is 6.08 Å². The van der Waals surface area contributed by atoms with Crippen LogP contribution in [-0.2, 0) is 30.1 Å². The Kier molecular flexibility index (Phi) is 19.2. The Morgan fingerprint density at radius 2 is 1.33 bits per heavy atom. The van der Waals surface area contributed by atoms with Crippen LogP contribution in [0.15, 0.2) is 146 Å². The number of Topliss-reactive ketones (excluding diaryl/α,β-unsaturated/α-hetero) is 1. The molecule has 5 aromatic carbocycles. The fraction of sp³-hybridized carbons (Fsp3) is 0.403. The molecule has 0 unspecified atom stereocenters. The number of H-pyrrole nitrogens is 1. The second-order valence-corrected chi connectivity index (χ2v) is 23.2. The number of rotatable bonds is 19. The first-order chi connectivity index (χ1) is 39.5. The maximum absolute atomic E-state index is 14.5. The van der Waals surface area contributed by atoms with Gasteiger partial charge in [-0.1, -0.05) is 129 Å². The number of ketones is 1. The number of aromatic amines is 1. The standard InChI is InChI=1S/C67H76N4O11/c1-45(2)57-53(41-52-32-31-47(40-46(52)3)22-19-20-36-70-37-21-33-67(44-70)34-38-71(39-35-67)65(76)82-66(4,5)6)60(69-68-57)81-64-54(42-55(72)48-23-11-7-12-24-48)58(79-62(74)50-27-15-9-16-28-50)59(80-63(75)51-29-17-10-18-30-51)56(78-64)43-77-61(73)49-25-13-8-14-26-49/h7-19,22-32,40,45,54,56,58-59,64H,20-21,33-39,41-44H2,1-6H3,(H,68,69)/b22-19+/t54-,56-,58-,59-,64+/m1/s1. The van der Waals surface area contributed by atoms with Gasteiger partial charge in [0.25, 0.3) is 0 Å². The smallest absolute Gasteiger partial charge is 0.410 e. The van der Waals surface area contributed by atoms with Crippen LogP contribution in [0.2, 0.25) is 0 Å². The number of esters is 3. The first kappa shape index (κ1) is 58.8. The third-order valence-electron chi connectivity index (χ3n) is 15.7. The molecule has 15 nitrogen and oxygen atoms in total. The number of likely N-dealkylation sites (tertiary alicyclic amines) is 2. The topological polar surface area (TPSA) is 176 Å². The van der Waals surface area contributed by atoms with Crippen molar-refractivity contribution in [3.05, 3.63) is 196 Å². The molecular formula is C67H76N4O11. The molecule has 9 rings (SSSR count). The van der Waals surface area contributed by atoms with Crippen LogP contribution in [0, 0.1) is 18.3 Å². The number of nitrogens with one attached hydrogen (secondary N) is 1. The number of carbonyl (C=O) groups excluding carboxylic acids is 5. The molecule has 3 aliphatic heterocycles. The fourth-order valence-electron chi connectivity index (χ4n) is 11.3. The average molecular weight is 1110 g/mol. The number of ether oxygens (including phenoxy) is 6. The van der Waals surface area contributed by atoms with Gasteiger partial charge in [-0.2, -0.15) is 0 Å². The van der Waals surface area contributed by atoms with Gasteiger partial charge in [0.2, 0.25) is 12.2 Å². The van der Waals surface area contributed by atoms with Crippen LogP contribution in [0.5, 0.6) is 5.88 Å². The second-order valence-electron chi connectivity index (χ2n) is 23.2. The summed E-state index contributed by atoms with van der Waals surface area (Å²) in [6.45, 7) is 16.0. The number of hydrogen-bond acceptors (Lipinski definition) is 13. The minimum Gasteiger partial charge on any atom is -0.459 e. The molecule has 3 fully saturated rings. The van der Waals surface area contributed by atoms with Gasteiger partial charge in [-0.05, 0) is 131 Å². The van der Waals surface area contributed by atoms with Crippen LogP contribution in [0.1, 0.15) is 148 Å². The number of aryl methyl sites for hydroxylation is 1. The van der Waals surface area contributed by atoms with E-state index in [2.05, 4.69) is 61.1 Å². The Morgan fingerprint density at radius 3 is 1.91 bits per heavy atom. The van der Waals surface area contributed by atoms with Crippen molar-refractivity contribution in [1.29, 1.82) is 0 Å². The zero-order valence-electron chi connectivity index (χ0n) is 47.9. The number of aromatic nitrogens is 2. The van der Waals surface area contributed by atoms with Crippen LogP contribution in [0.3, 0.4) is 0 Å². The van der Waals surface area contributed by atoms with Crippen molar-refractivity contribution in [3.8, 4) is 5.88 Å². The Bertz CT molecular complexity index is 3150. The summed E-state index contributed by atoms with van der Waals surface area (Å²) in [5.74, 6) is -3.40. The van der Waals surface area contributed by atoms with Gasteiger partial charge in [0.1, 0.15) is 18.3 Å². The predicted molar refractivity (Wildman–Crippen MR) is 312 cm³/mol. The number of nitrogens with zero attached hydrogens (tertiary/aromatic N) is 3. The summed E-state index contributed by atoms with van der Waals surface area (Å²) < 4.78 is 38.1. The van der Waals surface area contributed by atoms with E-state index in [4.69, 9.17) is 33.5 Å². The van der Waals surface area contributed by atoms with E-state index < -0.39 is 60.6 Å². The van der Waals surface area contributed by atoms with Crippen LogP contribution in [0.4, 0.5) is 4.79 Å². The van der Waals surface area contributed by atoms with Crippen LogP contribution >= 0.6 is 0 Å². The van der Waals surface area contributed by atoms with E-state index in [1.807, 2.05) is 31.7 Å². The van der Waals surface area contributed by atoms with Gasteiger partial charge < -0.3 is 38.2 Å². The lowest BCUT2D eigenvalue weighted by Gasteiger charge is -2.47. The molecule has 6 aromatic rings. The molecule has 15 heteroatoms. The van der Waals surface area contributed by atoms with Crippen LogP contribution < -0.4 is 4.74 Å². The summed E-state index contributed by atoms with van der Waals surface area (Å²) >= 11 is 0. The van der Waals surface area contributed by atoms with E-state index in [0.29, 0.717) is 12.0 Å². The first-order valence-corrected chi connectivity index (χ1v) is 28.7. The molecule has 4 heterocycles. The lowest BCUT2D eigenvalue weighted by molar-refractivity contribution is -0.259. The molecule has 1 aromatic heterocycles. The Balaban J connectivity index is 0.968. The molecule has 3 saturated heterocycles. The van der Waals surface area contributed by atoms with Crippen molar-refractivity contribution in [2.24, 2.45) is 11.3 Å². The minimum atomic E-state index is -1.42. The summed E-state index contributed by atoms with van der Waals surface area (Å²) in [4.78, 5) is 73.8. The van der Waals surface area contributed by atoms with E-state index in [1.165, 1.54) is 6.42 Å². The highest BCUT2D eigenvalue weighted by molar-refractivity contribution is 5.96. The van der Waals surface area contributed by atoms with Gasteiger partial charge in [-0.25, -0.2) is 19.2 Å². The number of amides is 1. The Labute approximate surface area is 481 Å². The SMILES string of the molecule is Cc1cc(/C=C/CCN2CCCC3(CCN(C(=O)OC(C)(C)C)CC3)C2)ccc1Cc1c(O[C@@H]2O[C@H](COC(=O)c3ccccc3)[C@@H](OC(=O)c3ccccc3)[C@H](OC(=O)c3ccccc3)[C@H]2CC(=O)c2ccccc2)n[nH]c1C(C)C. The molecule has 0 saturated carbocycles. The van der Waals surface area contributed by atoms with E-state index in [-0.39, 0.29) is 52.2 Å². The predicted octanol–water partition coefficient (Wildman–Crippen LogP) is 12.2. The molecule has 5 atom stereocenters. The van der Waals surface area contributed by atoms with Gasteiger partial charge in [-0.3, -0.25) is 9.89 Å². The molecule has 1 amide bonds. The molecule has 0 radical (unpaired) electrons. The monoisotopic (exact) mass is 1110 g/mol. The fourth-order valence-corrected chi connectivity index (χ4v) is 11.3. The van der Waals surface area contributed by atoms with Crippen LogP contribution in [-0.4, -0.2) is 119 Å². The van der Waals surface area contributed by atoms with Crippen molar-refractivity contribution in [1.82, 2.24) is 20.0 Å². The largest absolute Gasteiger partial charge is 0.459 e. The van der Waals surface area contributed by atoms with E-state index in [1.54, 1.807) is 115 Å². The van der Waals surface area contributed by atoms with E-state index in [9.17, 15) is 24.0 Å². The lowest BCUT2D eigenvalue weighted by Crippen LogP contribution is -2.60. The molecule has 0 bridgehead atoms. The van der Waals surface area contributed by atoms with Crippen molar-refractivity contribution in [2.75, 3.05) is 39.3 Å². The summed E-state index contributed by atoms with van der Waals surface area (Å²) in [6, 6.07) is 40.3. The number of hydrogen-bond donors (Lipinski definition) is 1. The number of carbonyl (C=O) groups is 5.